The average Bonchev–Trinajstić information content (AvgIpc) is 2.56. The van der Waals surface area contributed by atoms with Gasteiger partial charge in [0.05, 0.1) is 5.41 Å². The van der Waals surface area contributed by atoms with Gasteiger partial charge in [0.15, 0.2) is 0 Å². The third-order valence-corrected chi connectivity index (χ3v) is 5.60. The van der Waals surface area contributed by atoms with Crippen molar-refractivity contribution < 1.29 is 4.79 Å². The highest BCUT2D eigenvalue weighted by Gasteiger charge is 2.44. The van der Waals surface area contributed by atoms with E-state index >= 15 is 0 Å². The molecule has 3 heteroatoms. The van der Waals surface area contributed by atoms with Crippen molar-refractivity contribution in [2.45, 2.75) is 63.3 Å². The summed E-state index contributed by atoms with van der Waals surface area (Å²) in [4.78, 5) is 15.5. The molecular formula is C19H28N2O. The van der Waals surface area contributed by atoms with Crippen molar-refractivity contribution in [2.24, 2.45) is 5.73 Å². The largest absolute Gasteiger partial charge is 0.342 e. The topological polar surface area (TPSA) is 46.3 Å². The summed E-state index contributed by atoms with van der Waals surface area (Å²) in [5, 5.41) is 0. The minimum atomic E-state index is -0.287. The van der Waals surface area contributed by atoms with Crippen molar-refractivity contribution >= 4 is 5.91 Å². The van der Waals surface area contributed by atoms with E-state index < -0.39 is 0 Å². The molecule has 0 spiro atoms. The Morgan fingerprint density at radius 3 is 2.41 bits per heavy atom. The number of carbonyl (C=O) groups excluding carboxylic acids is 1. The van der Waals surface area contributed by atoms with Crippen molar-refractivity contribution in [3.8, 4) is 0 Å². The van der Waals surface area contributed by atoms with Gasteiger partial charge in [-0.1, -0.05) is 43.5 Å². The zero-order chi connectivity index (χ0) is 15.6. The number of hydrogen-bond acceptors (Lipinski definition) is 2. The Kier molecular flexibility index (Phi) is 4.53. The van der Waals surface area contributed by atoms with E-state index in [0.717, 1.165) is 51.6 Å². The molecule has 1 amide bonds. The molecule has 1 saturated carbocycles. The van der Waals surface area contributed by atoms with Crippen LogP contribution < -0.4 is 5.73 Å². The van der Waals surface area contributed by atoms with E-state index in [2.05, 4.69) is 36.1 Å². The molecule has 1 aliphatic carbocycles. The predicted molar refractivity (Wildman–Crippen MR) is 89.7 cm³/mol. The monoisotopic (exact) mass is 300 g/mol. The van der Waals surface area contributed by atoms with Crippen molar-refractivity contribution in [2.75, 3.05) is 13.1 Å². The van der Waals surface area contributed by atoms with Gasteiger partial charge in [0.1, 0.15) is 0 Å². The second kappa shape index (κ2) is 6.41. The van der Waals surface area contributed by atoms with Crippen molar-refractivity contribution in [3.63, 3.8) is 0 Å². The molecule has 1 heterocycles. The van der Waals surface area contributed by atoms with Gasteiger partial charge in [-0.3, -0.25) is 4.79 Å². The van der Waals surface area contributed by atoms with E-state index in [1.807, 2.05) is 0 Å². The third kappa shape index (κ3) is 2.79. The first-order valence-corrected chi connectivity index (χ1v) is 8.74. The van der Waals surface area contributed by atoms with Gasteiger partial charge in [-0.05, 0) is 43.7 Å². The number of hydrogen-bond donors (Lipinski definition) is 1. The van der Waals surface area contributed by atoms with Gasteiger partial charge >= 0.3 is 0 Å². The molecule has 3 rings (SSSR count). The second-order valence-corrected chi connectivity index (χ2v) is 7.09. The Morgan fingerprint density at radius 2 is 1.77 bits per heavy atom. The maximum Gasteiger partial charge on any atom is 0.233 e. The SMILES string of the molecule is Cc1ccccc1C1(C(=O)N2CCC(N)CC2)CCCCC1. The van der Waals surface area contributed by atoms with E-state index in [1.165, 1.54) is 17.5 Å². The Bertz CT molecular complexity index is 526. The van der Waals surface area contributed by atoms with Crippen LogP contribution in [0.4, 0.5) is 0 Å². The number of likely N-dealkylation sites (tertiary alicyclic amines) is 1. The molecule has 120 valence electrons. The molecular weight excluding hydrogens is 272 g/mol. The lowest BCUT2D eigenvalue weighted by molar-refractivity contribution is -0.140. The quantitative estimate of drug-likeness (QED) is 0.912. The van der Waals surface area contributed by atoms with Crippen LogP contribution in [0.15, 0.2) is 24.3 Å². The lowest BCUT2D eigenvalue weighted by Gasteiger charge is -2.42. The molecule has 1 aromatic rings. The fourth-order valence-corrected chi connectivity index (χ4v) is 4.27. The van der Waals surface area contributed by atoms with Crippen LogP contribution in [0.2, 0.25) is 0 Å². The van der Waals surface area contributed by atoms with Gasteiger partial charge in [0.2, 0.25) is 5.91 Å². The first-order chi connectivity index (χ1) is 10.6. The summed E-state index contributed by atoms with van der Waals surface area (Å²) < 4.78 is 0. The molecule has 0 atom stereocenters. The molecule has 3 nitrogen and oxygen atoms in total. The van der Waals surface area contributed by atoms with Crippen LogP contribution in [0.1, 0.15) is 56.1 Å². The van der Waals surface area contributed by atoms with Crippen molar-refractivity contribution in [1.82, 2.24) is 4.90 Å². The highest BCUT2D eigenvalue weighted by atomic mass is 16.2. The average molecular weight is 300 g/mol. The van der Waals surface area contributed by atoms with Crippen molar-refractivity contribution in [1.29, 1.82) is 0 Å². The van der Waals surface area contributed by atoms with Crippen LogP contribution in [-0.2, 0) is 10.2 Å². The highest BCUT2D eigenvalue weighted by molar-refractivity contribution is 5.89. The number of benzene rings is 1. The minimum Gasteiger partial charge on any atom is -0.342 e. The summed E-state index contributed by atoms with van der Waals surface area (Å²) in [6.45, 7) is 3.80. The maximum absolute atomic E-state index is 13.4. The van der Waals surface area contributed by atoms with Gasteiger partial charge < -0.3 is 10.6 Å². The van der Waals surface area contributed by atoms with Gasteiger partial charge in [0.25, 0.3) is 0 Å². The molecule has 0 aromatic heterocycles. The second-order valence-electron chi connectivity index (χ2n) is 7.09. The van der Waals surface area contributed by atoms with E-state index in [0.29, 0.717) is 5.91 Å². The molecule has 1 aliphatic heterocycles. The molecule has 1 saturated heterocycles. The summed E-state index contributed by atoms with van der Waals surface area (Å²) in [6.07, 6.45) is 7.45. The van der Waals surface area contributed by atoms with Gasteiger partial charge in [-0.2, -0.15) is 0 Å². The van der Waals surface area contributed by atoms with E-state index in [1.54, 1.807) is 0 Å². The summed E-state index contributed by atoms with van der Waals surface area (Å²) in [5.74, 6) is 0.355. The molecule has 22 heavy (non-hydrogen) atoms. The summed E-state index contributed by atoms with van der Waals surface area (Å²) >= 11 is 0. The van der Waals surface area contributed by atoms with Crippen molar-refractivity contribution in [3.05, 3.63) is 35.4 Å². The third-order valence-electron chi connectivity index (χ3n) is 5.60. The lowest BCUT2D eigenvalue weighted by Crippen LogP contribution is -2.52. The smallest absolute Gasteiger partial charge is 0.233 e. The lowest BCUT2D eigenvalue weighted by atomic mass is 9.67. The van der Waals surface area contributed by atoms with E-state index in [9.17, 15) is 4.79 Å². The van der Waals surface area contributed by atoms with E-state index in [4.69, 9.17) is 5.73 Å². The Labute approximate surface area is 133 Å². The summed E-state index contributed by atoms with van der Waals surface area (Å²) in [5.41, 5.74) is 8.23. The number of aryl methyl sites for hydroxylation is 1. The van der Waals surface area contributed by atoms with Crippen LogP contribution in [-0.4, -0.2) is 29.9 Å². The number of nitrogens with two attached hydrogens (primary N) is 1. The van der Waals surface area contributed by atoms with Crippen LogP contribution >= 0.6 is 0 Å². The molecule has 0 unspecified atom stereocenters. The Morgan fingerprint density at radius 1 is 1.14 bits per heavy atom. The van der Waals surface area contributed by atoms with Crippen LogP contribution in [0.3, 0.4) is 0 Å². The molecule has 1 aromatic carbocycles. The van der Waals surface area contributed by atoms with Gasteiger partial charge in [0, 0.05) is 19.1 Å². The minimum absolute atomic E-state index is 0.268. The van der Waals surface area contributed by atoms with E-state index in [-0.39, 0.29) is 11.5 Å². The maximum atomic E-state index is 13.4. The molecule has 2 N–H and O–H groups in total. The zero-order valence-corrected chi connectivity index (χ0v) is 13.7. The molecule has 0 radical (unpaired) electrons. The Hall–Kier alpha value is -1.35. The normalized spacial score (nSPS) is 22.5. The zero-order valence-electron chi connectivity index (χ0n) is 13.7. The molecule has 2 fully saturated rings. The Balaban J connectivity index is 1.92. The number of nitrogens with zero attached hydrogens (tertiary/aromatic N) is 1. The van der Waals surface area contributed by atoms with Crippen LogP contribution in [0, 0.1) is 6.92 Å². The van der Waals surface area contributed by atoms with Crippen LogP contribution in [0.25, 0.3) is 0 Å². The first-order valence-electron chi connectivity index (χ1n) is 8.74. The summed E-state index contributed by atoms with van der Waals surface area (Å²) in [7, 11) is 0. The number of piperidine rings is 1. The summed E-state index contributed by atoms with van der Waals surface area (Å²) in [6, 6.07) is 8.74. The predicted octanol–water partition coefficient (Wildman–Crippen LogP) is 3.15. The van der Waals surface area contributed by atoms with Crippen LogP contribution in [0.5, 0.6) is 0 Å². The highest BCUT2D eigenvalue weighted by Crippen LogP contribution is 2.42. The van der Waals surface area contributed by atoms with Gasteiger partial charge in [-0.25, -0.2) is 0 Å². The number of rotatable bonds is 2. The number of carbonyl (C=O) groups is 1. The molecule has 2 aliphatic rings. The number of amides is 1. The standard InChI is InChI=1S/C19H28N2O/c1-15-7-3-4-8-17(15)19(11-5-2-6-12-19)18(22)21-13-9-16(20)10-14-21/h3-4,7-8,16H,2,5-6,9-14,20H2,1H3. The molecule has 0 bridgehead atoms. The fourth-order valence-electron chi connectivity index (χ4n) is 4.27. The fraction of sp³-hybridized carbons (Fsp3) is 0.632. The first kappa shape index (κ1) is 15.5. The van der Waals surface area contributed by atoms with Gasteiger partial charge in [-0.15, -0.1) is 0 Å².